The number of carbonyl (C=O) groups is 2. The second-order valence-corrected chi connectivity index (χ2v) is 6.85. The third-order valence-electron chi connectivity index (χ3n) is 4.92. The Hall–Kier alpha value is -1.53. The molecule has 2 aliphatic rings. The first-order chi connectivity index (χ1) is 12.2. The Kier molecular flexibility index (Phi) is 7.97. The van der Waals surface area contributed by atoms with E-state index in [1.807, 2.05) is 17.0 Å². The third kappa shape index (κ3) is 4.80. The van der Waals surface area contributed by atoms with E-state index >= 15 is 0 Å². The highest BCUT2D eigenvalue weighted by Gasteiger charge is 2.26. The lowest BCUT2D eigenvalue weighted by Gasteiger charge is -2.30. The normalized spacial score (nSPS) is 18.1. The van der Waals surface area contributed by atoms with Crippen molar-refractivity contribution in [2.75, 3.05) is 50.0 Å². The first-order valence-electron chi connectivity index (χ1n) is 9.03. The SMILES string of the molecule is Cl.O=C(CCl)N1CCCN(C(=O)c2cccnc2N2CCCCC2)CC1. The van der Waals surface area contributed by atoms with Crippen molar-refractivity contribution >= 4 is 41.6 Å². The summed E-state index contributed by atoms with van der Waals surface area (Å²) in [5, 5.41) is 0. The molecule has 1 aromatic heterocycles. The lowest BCUT2D eigenvalue weighted by atomic mass is 10.1. The molecule has 0 aromatic carbocycles. The number of aromatic nitrogens is 1. The molecular weight excluding hydrogens is 375 g/mol. The molecule has 2 saturated heterocycles. The number of piperidine rings is 1. The van der Waals surface area contributed by atoms with Crippen molar-refractivity contribution in [1.29, 1.82) is 0 Å². The van der Waals surface area contributed by atoms with Crippen molar-refractivity contribution in [2.45, 2.75) is 25.7 Å². The summed E-state index contributed by atoms with van der Waals surface area (Å²) in [6, 6.07) is 3.69. The number of nitrogens with zero attached hydrogens (tertiary/aromatic N) is 4. The monoisotopic (exact) mass is 400 g/mol. The molecule has 26 heavy (non-hydrogen) atoms. The fraction of sp³-hybridized carbons (Fsp3) is 0.611. The van der Waals surface area contributed by atoms with Gasteiger partial charge in [0, 0.05) is 45.5 Å². The van der Waals surface area contributed by atoms with E-state index in [9.17, 15) is 9.59 Å². The molecule has 6 nitrogen and oxygen atoms in total. The molecule has 0 unspecified atom stereocenters. The van der Waals surface area contributed by atoms with Crippen molar-refractivity contribution < 1.29 is 9.59 Å². The van der Waals surface area contributed by atoms with Crippen LogP contribution in [-0.2, 0) is 4.79 Å². The summed E-state index contributed by atoms with van der Waals surface area (Å²) in [6.07, 6.45) is 6.05. The topological polar surface area (TPSA) is 56.8 Å². The van der Waals surface area contributed by atoms with Crippen LogP contribution in [-0.4, -0.2) is 71.7 Å². The molecule has 144 valence electrons. The number of amides is 2. The average Bonchev–Trinajstić information content (AvgIpc) is 2.94. The van der Waals surface area contributed by atoms with Gasteiger partial charge in [0.2, 0.25) is 5.91 Å². The Labute approximate surface area is 165 Å². The van der Waals surface area contributed by atoms with Crippen LogP contribution in [0, 0.1) is 0 Å². The van der Waals surface area contributed by atoms with Gasteiger partial charge in [-0.25, -0.2) is 4.98 Å². The van der Waals surface area contributed by atoms with Gasteiger partial charge in [-0.2, -0.15) is 0 Å². The van der Waals surface area contributed by atoms with E-state index < -0.39 is 0 Å². The summed E-state index contributed by atoms with van der Waals surface area (Å²) in [5.74, 6) is 0.737. The fourth-order valence-electron chi connectivity index (χ4n) is 3.55. The predicted molar refractivity (Wildman–Crippen MR) is 105 cm³/mol. The molecule has 2 aliphatic heterocycles. The molecular formula is C18H26Cl2N4O2. The van der Waals surface area contributed by atoms with Gasteiger partial charge in [0.15, 0.2) is 0 Å². The second kappa shape index (κ2) is 9.97. The molecule has 0 bridgehead atoms. The number of pyridine rings is 1. The van der Waals surface area contributed by atoms with Crippen molar-refractivity contribution in [1.82, 2.24) is 14.8 Å². The van der Waals surface area contributed by atoms with Crippen LogP contribution in [0.25, 0.3) is 0 Å². The van der Waals surface area contributed by atoms with E-state index in [1.54, 1.807) is 11.1 Å². The largest absolute Gasteiger partial charge is 0.356 e. The highest BCUT2D eigenvalue weighted by Crippen LogP contribution is 2.23. The van der Waals surface area contributed by atoms with E-state index in [1.165, 1.54) is 6.42 Å². The third-order valence-corrected chi connectivity index (χ3v) is 5.15. The molecule has 0 N–H and O–H groups in total. The van der Waals surface area contributed by atoms with Gasteiger partial charge in [-0.3, -0.25) is 9.59 Å². The van der Waals surface area contributed by atoms with Crippen LogP contribution in [0.3, 0.4) is 0 Å². The van der Waals surface area contributed by atoms with Crippen LogP contribution in [0.15, 0.2) is 18.3 Å². The molecule has 2 amide bonds. The van der Waals surface area contributed by atoms with Crippen LogP contribution in [0.5, 0.6) is 0 Å². The lowest BCUT2D eigenvalue weighted by Crippen LogP contribution is -2.39. The van der Waals surface area contributed by atoms with Crippen molar-refractivity contribution in [3.05, 3.63) is 23.9 Å². The summed E-state index contributed by atoms with van der Waals surface area (Å²) in [4.78, 5) is 35.2. The maximum atomic E-state index is 13.1. The van der Waals surface area contributed by atoms with Crippen molar-refractivity contribution in [2.24, 2.45) is 0 Å². The van der Waals surface area contributed by atoms with E-state index in [2.05, 4.69) is 9.88 Å². The zero-order chi connectivity index (χ0) is 17.6. The Morgan fingerprint density at radius 3 is 2.38 bits per heavy atom. The smallest absolute Gasteiger partial charge is 0.257 e. The number of halogens is 2. The number of alkyl halides is 1. The van der Waals surface area contributed by atoms with Gasteiger partial charge in [0.05, 0.1) is 5.56 Å². The van der Waals surface area contributed by atoms with Gasteiger partial charge < -0.3 is 14.7 Å². The first kappa shape index (κ1) is 20.8. The summed E-state index contributed by atoms with van der Waals surface area (Å²) in [6.45, 7) is 4.29. The zero-order valence-electron chi connectivity index (χ0n) is 14.9. The minimum Gasteiger partial charge on any atom is -0.356 e. The van der Waals surface area contributed by atoms with Crippen molar-refractivity contribution in [3.8, 4) is 0 Å². The highest BCUT2D eigenvalue weighted by molar-refractivity contribution is 6.27. The van der Waals surface area contributed by atoms with Crippen LogP contribution >= 0.6 is 24.0 Å². The zero-order valence-corrected chi connectivity index (χ0v) is 16.5. The number of anilines is 1. The molecule has 2 fully saturated rings. The molecule has 0 aliphatic carbocycles. The van der Waals surface area contributed by atoms with Crippen LogP contribution in [0.1, 0.15) is 36.0 Å². The molecule has 0 radical (unpaired) electrons. The number of hydrogen-bond acceptors (Lipinski definition) is 4. The standard InChI is InChI=1S/C18H25ClN4O2.ClH/c19-14-16(24)21-10-5-11-23(13-12-21)18(25)15-6-4-7-20-17(15)22-8-2-1-3-9-22;/h4,6-7H,1-3,5,8-14H2;1H. The summed E-state index contributed by atoms with van der Waals surface area (Å²) in [5.41, 5.74) is 0.668. The first-order valence-corrected chi connectivity index (χ1v) is 9.57. The fourth-order valence-corrected chi connectivity index (χ4v) is 3.72. The molecule has 0 saturated carbocycles. The summed E-state index contributed by atoms with van der Waals surface area (Å²) < 4.78 is 0. The average molecular weight is 401 g/mol. The van der Waals surface area contributed by atoms with E-state index in [4.69, 9.17) is 11.6 Å². The molecule has 1 aromatic rings. The molecule has 8 heteroatoms. The number of hydrogen-bond donors (Lipinski definition) is 0. The second-order valence-electron chi connectivity index (χ2n) is 6.58. The Morgan fingerprint density at radius 2 is 1.65 bits per heavy atom. The van der Waals surface area contributed by atoms with Gasteiger partial charge in [0.1, 0.15) is 11.7 Å². The number of rotatable bonds is 3. The number of carbonyl (C=O) groups excluding carboxylic acids is 2. The lowest BCUT2D eigenvalue weighted by molar-refractivity contribution is -0.128. The molecule has 3 heterocycles. The van der Waals surface area contributed by atoms with E-state index in [0.29, 0.717) is 31.7 Å². The molecule has 0 spiro atoms. The van der Waals surface area contributed by atoms with Gasteiger partial charge in [-0.1, -0.05) is 0 Å². The van der Waals surface area contributed by atoms with Crippen molar-refractivity contribution in [3.63, 3.8) is 0 Å². The van der Waals surface area contributed by atoms with E-state index in [-0.39, 0.29) is 30.1 Å². The minimum absolute atomic E-state index is 0. The van der Waals surface area contributed by atoms with Gasteiger partial charge in [-0.15, -0.1) is 24.0 Å². The summed E-state index contributed by atoms with van der Waals surface area (Å²) in [7, 11) is 0. The van der Waals surface area contributed by atoms with Gasteiger partial charge in [0.25, 0.3) is 5.91 Å². The quantitative estimate of drug-likeness (QED) is 0.730. The van der Waals surface area contributed by atoms with E-state index in [0.717, 1.165) is 38.2 Å². The minimum atomic E-state index is -0.0636. The van der Waals surface area contributed by atoms with Gasteiger partial charge >= 0.3 is 0 Å². The molecule has 3 rings (SSSR count). The Bertz CT molecular complexity index is 623. The highest BCUT2D eigenvalue weighted by atomic mass is 35.5. The van der Waals surface area contributed by atoms with Crippen LogP contribution in [0.2, 0.25) is 0 Å². The maximum Gasteiger partial charge on any atom is 0.257 e. The maximum absolute atomic E-state index is 13.1. The summed E-state index contributed by atoms with van der Waals surface area (Å²) >= 11 is 5.65. The predicted octanol–water partition coefficient (Wildman–Crippen LogP) is 2.41. The van der Waals surface area contributed by atoms with Crippen LogP contribution < -0.4 is 4.90 Å². The van der Waals surface area contributed by atoms with Gasteiger partial charge in [-0.05, 0) is 37.8 Å². The molecule has 0 atom stereocenters. The Morgan fingerprint density at radius 1 is 0.962 bits per heavy atom. The Balaban J connectivity index is 0.00000243. The van der Waals surface area contributed by atoms with Crippen LogP contribution in [0.4, 0.5) is 5.82 Å².